The van der Waals surface area contributed by atoms with Gasteiger partial charge in [0.2, 0.25) is 5.91 Å². The van der Waals surface area contributed by atoms with Crippen LogP contribution in [-0.4, -0.2) is 26.3 Å². The number of thioether (sulfide) groups is 1. The fourth-order valence-corrected chi connectivity index (χ4v) is 2.69. The third-order valence-corrected chi connectivity index (χ3v) is 4.46. The maximum absolute atomic E-state index is 12.3. The summed E-state index contributed by atoms with van der Waals surface area (Å²) in [5.74, 6) is -0.205. The van der Waals surface area contributed by atoms with Gasteiger partial charge >= 0.3 is 0 Å². The van der Waals surface area contributed by atoms with Crippen molar-refractivity contribution in [3.05, 3.63) is 45.3 Å². The van der Waals surface area contributed by atoms with Crippen LogP contribution in [0.2, 0.25) is 5.02 Å². The maximum Gasteiger partial charge on any atom is 0.273 e. The molecule has 0 aliphatic rings. The number of aryl methyl sites for hydroxylation is 1. The molecule has 2 N–H and O–H groups in total. The number of amides is 1. The van der Waals surface area contributed by atoms with Crippen molar-refractivity contribution in [3.63, 3.8) is 0 Å². The van der Waals surface area contributed by atoms with E-state index in [1.165, 1.54) is 0 Å². The molecule has 0 fully saturated rings. The average Bonchev–Trinajstić information content (AvgIpc) is 2.50. The maximum atomic E-state index is 12.3. The number of anilines is 1. The number of para-hydroxylation sites is 1. The highest BCUT2D eigenvalue weighted by molar-refractivity contribution is 8.00. The number of halogens is 1. The van der Waals surface area contributed by atoms with E-state index in [-0.39, 0.29) is 17.2 Å². The van der Waals surface area contributed by atoms with Crippen LogP contribution >= 0.6 is 23.4 Å². The summed E-state index contributed by atoms with van der Waals surface area (Å²) in [5.41, 5.74) is 0.536. The first kappa shape index (κ1) is 16.5. The zero-order valence-corrected chi connectivity index (χ0v) is 13.7. The van der Waals surface area contributed by atoms with Crippen LogP contribution in [0.3, 0.4) is 0 Å². The van der Waals surface area contributed by atoms with Crippen LogP contribution in [-0.2, 0) is 4.79 Å². The molecule has 6 nitrogen and oxygen atoms in total. The second-order valence-electron chi connectivity index (χ2n) is 4.53. The van der Waals surface area contributed by atoms with Gasteiger partial charge < -0.3 is 5.32 Å². The number of hydrogen-bond acceptors (Lipinski definition) is 5. The van der Waals surface area contributed by atoms with E-state index in [2.05, 4.69) is 20.5 Å². The van der Waals surface area contributed by atoms with Gasteiger partial charge in [0.25, 0.3) is 5.56 Å². The van der Waals surface area contributed by atoms with Crippen molar-refractivity contribution in [2.75, 3.05) is 5.32 Å². The Morgan fingerprint density at radius 2 is 2.14 bits per heavy atom. The fourth-order valence-electron chi connectivity index (χ4n) is 1.66. The molecule has 1 aromatic carbocycles. The van der Waals surface area contributed by atoms with E-state index in [1.807, 2.05) is 6.92 Å². The fraction of sp³-hybridized carbons (Fsp3) is 0.286. The number of aromatic nitrogens is 3. The number of carbonyl (C=O) groups excluding carboxylic acids is 1. The van der Waals surface area contributed by atoms with Crippen LogP contribution in [0.4, 0.5) is 5.69 Å². The first-order valence-corrected chi connectivity index (χ1v) is 7.92. The summed E-state index contributed by atoms with van der Waals surface area (Å²) >= 11 is 7.18. The highest BCUT2D eigenvalue weighted by atomic mass is 35.5. The van der Waals surface area contributed by atoms with Gasteiger partial charge in [-0.3, -0.25) is 14.6 Å². The largest absolute Gasteiger partial charge is 0.324 e. The van der Waals surface area contributed by atoms with Crippen molar-refractivity contribution in [3.8, 4) is 0 Å². The number of aromatic amines is 1. The molecule has 0 aliphatic carbocycles. The Balaban J connectivity index is 2.10. The van der Waals surface area contributed by atoms with Gasteiger partial charge in [-0.2, -0.15) is 0 Å². The Bertz CT molecular complexity index is 735. The monoisotopic (exact) mass is 338 g/mol. The van der Waals surface area contributed by atoms with Crippen LogP contribution in [0, 0.1) is 6.92 Å². The number of hydrogen-bond donors (Lipinski definition) is 2. The zero-order chi connectivity index (χ0) is 16.1. The lowest BCUT2D eigenvalue weighted by Crippen LogP contribution is -2.25. The molecule has 0 radical (unpaired) electrons. The van der Waals surface area contributed by atoms with E-state index in [1.54, 1.807) is 31.2 Å². The molecule has 0 spiro atoms. The smallest absolute Gasteiger partial charge is 0.273 e. The lowest BCUT2D eigenvalue weighted by atomic mass is 10.2. The molecular weight excluding hydrogens is 324 g/mol. The summed E-state index contributed by atoms with van der Waals surface area (Å²) in [7, 11) is 0. The molecule has 1 unspecified atom stereocenters. The normalized spacial score (nSPS) is 12.0. The number of benzene rings is 1. The lowest BCUT2D eigenvalue weighted by molar-refractivity contribution is -0.115. The molecule has 2 aromatic rings. The van der Waals surface area contributed by atoms with Crippen molar-refractivity contribution in [2.45, 2.75) is 30.7 Å². The average molecular weight is 339 g/mol. The first-order chi connectivity index (χ1) is 10.5. The van der Waals surface area contributed by atoms with Gasteiger partial charge in [-0.15, -0.1) is 10.2 Å². The summed E-state index contributed by atoms with van der Waals surface area (Å²) in [4.78, 5) is 26.4. The van der Waals surface area contributed by atoms with Gasteiger partial charge in [0.15, 0.2) is 5.16 Å². The van der Waals surface area contributed by atoms with E-state index in [4.69, 9.17) is 11.6 Å². The minimum atomic E-state index is -0.413. The summed E-state index contributed by atoms with van der Waals surface area (Å²) in [6.07, 6.45) is 0.568. The molecule has 1 amide bonds. The van der Waals surface area contributed by atoms with Crippen molar-refractivity contribution in [1.82, 2.24) is 15.2 Å². The molecule has 1 atom stereocenters. The molecule has 8 heteroatoms. The number of nitrogens with zero attached hydrogens (tertiary/aromatic N) is 2. The van der Waals surface area contributed by atoms with E-state index in [0.29, 0.717) is 22.3 Å². The van der Waals surface area contributed by atoms with Crippen LogP contribution in [0.5, 0.6) is 0 Å². The topological polar surface area (TPSA) is 87.7 Å². The van der Waals surface area contributed by atoms with Crippen molar-refractivity contribution < 1.29 is 4.79 Å². The molecule has 1 heterocycles. The molecule has 22 heavy (non-hydrogen) atoms. The van der Waals surface area contributed by atoms with Gasteiger partial charge in [0.05, 0.1) is 16.0 Å². The number of rotatable bonds is 5. The number of nitrogens with one attached hydrogen (secondary N) is 2. The molecule has 0 bridgehead atoms. The van der Waals surface area contributed by atoms with Crippen molar-refractivity contribution in [1.29, 1.82) is 0 Å². The van der Waals surface area contributed by atoms with Crippen molar-refractivity contribution >= 4 is 35.0 Å². The SMILES string of the molecule is CCC(Sc1nnc(C)c(=O)[nH]1)C(=O)Nc1ccccc1Cl. The lowest BCUT2D eigenvalue weighted by Gasteiger charge is -2.14. The van der Waals surface area contributed by atoms with Gasteiger partial charge in [-0.25, -0.2) is 0 Å². The Labute approximate surface area is 136 Å². The van der Waals surface area contributed by atoms with E-state index >= 15 is 0 Å². The van der Waals surface area contributed by atoms with Crippen LogP contribution in [0.15, 0.2) is 34.2 Å². The van der Waals surface area contributed by atoms with E-state index in [0.717, 1.165) is 11.8 Å². The summed E-state index contributed by atoms with van der Waals surface area (Å²) in [6, 6.07) is 7.01. The second-order valence-corrected chi connectivity index (χ2v) is 6.13. The van der Waals surface area contributed by atoms with Gasteiger partial charge in [-0.1, -0.05) is 42.4 Å². The molecule has 2 rings (SSSR count). The highest BCUT2D eigenvalue weighted by Gasteiger charge is 2.20. The Morgan fingerprint density at radius 1 is 1.41 bits per heavy atom. The van der Waals surface area contributed by atoms with Gasteiger partial charge in [-0.05, 0) is 25.5 Å². The summed E-state index contributed by atoms with van der Waals surface area (Å²) in [5, 5.41) is 10.8. The van der Waals surface area contributed by atoms with Gasteiger partial charge in [0.1, 0.15) is 5.69 Å². The van der Waals surface area contributed by atoms with Crippen LogP contribution in [0.1, 0.15) is 19.0 Å². The minimum Gasteiger partial charge on any atom is -0.324 e. The third-order valence-electron chi connectivity index (χ3n) is 2.89. The molecule has 0 aliphatic heterocycles. The molecule has 1 aromatic heterocycles. The quantitative estimate of drug-likeness (QED) is 0.818. The summed E-state index contributed by atoms with van der Waals surface area (Å²) < 4.78 is 0. The van der Waals surface area contributed by atoms with E-state index < -0.39 is 5.25 Å². The second kappa shape index (κ2) is 7.42. The molecule has 116 valence electrons. The highest BCUT2D eigenvalue weighted by Crippen LogP contribution is 2.25. The van der Waals surface area contributed by atoms with Crippen molar-refractivity contribution in [2.24, 2.45) is 0 Å². The Hall–Kier alpha value is -1.86. The third kappa shape index (κ3) is 4.08. The predicted octanol–water partition coefficient (Wildman–Crippen LogP) is 2.64. The first-order valence-electron chi connectivity index (χ1n) is 6.67. The zero-order valence-electron chi connectivity index (χ0n) is 12.1. The molecule has 0 saturated heterocycles. The molecule has 0 saturated carbocycles. The number of H-pyrrole nitrogens is 1. The summed E-state index contributed by atoms with van der Waals surface area (Å²) in [6.45, 7) is 3.45. The van der Waals surface area contributed by atoms with Crippen LogP contribution < -0.4 is 10.9 Å². The Kier molecular flexibility index (Phi) is 5.57. The minimum absolute atomic E-state index is 0.205. The molecular formula is C14H15ClN4O2S. The Morgan fingerprint density at radius 3 is 2.77 bits per heavy atom. The number of carbonyl (C=O) groups is 1. The predicted molar refractivity (Wildman–Crippen MR) is 87.4 cm³/mol. The standard InChI is InChI=1S/C14H15ClN4O2S/c1-3-11(22-14-17-12(20)8(2)18-19-14)13(21)16-10-7-5-4-6-9(10)15/h4-7,11H,3H2,1-2H3,(H,16,21)(H,17,19,20). The van der Waals surface area contributed by atoms with Gasteiger partial charge in [0, 0.05) is 0 Å². The van der Waals surface area contributed by atoms with E-state index in [9.17, 15) is 9.59 Å². The van der Waals surface area contributed by atoms with Crippen LogP contribution in [0.25, 0.3) is 0 Å².